The van der Waals surface area contributed by atoms with Crippen LogP contribution < -0.4 is 4.90 Å². The van der Waals surface area contributed by atoms with Gasteiger partial charge in [0.25, 0.3) is 0 Å². The molecule has 0 aliphatic carbocycles. The molecule has 0 bridgehead atoms. The molecule has 0 atom stereocenters. The minimum absolute atomic E-state index is 0.913. The van der Waals surface area contributed by atoms with Gasteiger partial charge in [-0.3, -0.25) is 0 Å². The molecule has 12 rings (SSSR count). The third-order valence-electron chi connectivity index (χ3n) is 13.0. The van der Waals surface area contributed by atoms with Crippen LogP contribution >= 0.6 is 0 Å². The average molecular weight is 830 g/mol. The van der Waals surface area contributed by atoms with Gasteiger partial charge in [-0.25, -0.2) is 0 Å². The van der Waals surface area contributed by atoms with Gasteiger partial charge in [0.05, 0.1) is 39.1 Å². The summed E-state index contributed by atoms with van der Waals surface area (Å²) < 4.78 is 4.90. The van der Waals surface area contributed by atoms with Gasteiger partial charge in [-0.1, -0.05) is 171 Å². The number of para-hydroxylation sites is 1. The van der Waals surface area contributed by atoms with Crippen LogP contribution in [0.2, 0.25) is 0 Å². The van der Waals surface area contributed by atoms with Crippen LogP contribution in [0.4, 0.5) is 5.69 Å². The smallest absolute Gasteiger partial charge is 0.0562 e. The number of benzene rings is 9. The Balaban J connectivity index is 1.08. The number of allylic oxidation sites excluding steroid dienone is 7. The highest BCUT2D eigenvalue weighted by Gasteiger charge is 2.22. The summed E-state index contributed by atoms with van der Waals surface area (Å²) in [5.41, 5.74) is 14.5. The van der Waals surface area contributed by atoms with Crippen molar-refractivity contribution in [1.29, 1.82) is 0 Å². The molecule has 3 heteroatoms. The third kappa shape index (κ3) is 6.36. The number of fused-ring (bicyclic) bond motifs is 8. The molecule has 0 fully saturated rings. The molecular weight excluding hydrogens is 787 g/mol. The molecule has 65 heavy (non-hydrogen) atoms. The molecule has 3 heterocycles. The standard InChI is InChI=1S/C62H43N3/c1-3-4-6-26-56-42(2)38-48(36-37-63(56)57-28-15-21-45-19-9-11-23-50(45)57)47-32-35-60-53(39-47)55-40-54-52-25-13-14-27-59(52)64(49-33-30-44(31-34-49)43-17-7-5-8-18-43)61(54)41-62(55)65(60)58-29-16-22-46-20-10-12-24-51(46)58/h3-41H,1-2H2/b6-4-,56-26-. The van der Waals surface area contributed by atoms with Crippen LogP contribution in [0.1, 0.15) is 5.56 Å². The Kier molecular flexibility index (Phi) is 9.13. The lowest BCUT2D eigenvalue weighted by Crippen LogP contribution is -2.15. The maximum absolute atomic E-state index is 4.67. The van der Waals surface area contributed by atoms with Crippen LogP contribution in [-0.4, -0.2) is 9.13 Å². The first-order valence-electron chi connectivity index (χ1n) is 22.1. The van der Waals surface area contributed by atoms with Crippen molar-refractivity contribution in [2.45, 2.75) is 0 Å². The number of hydrogen-bond acceptors (Lipinski definition) is 1. The maximum atomic E-state index is 4.67. The number of rotatable bonds is 7. The van der Waals surface area contributed by atoms with E-state index >= 15 is 0 Å². The second-order valence-corrected chi connectivity index (χ2v) is 16.7. The molecule has 9 aromatic carbocycles. The van der Waals surface area contributed by atoms with E-state index in [-0.39, 0.29) is 0 Å². The topological polar surface area (TPSA) is 13.1 Å². The van der Waals surface area contributed by atoms with Crippen molar-refractivity contribution in [3.63, 3.8) is 0 Å². The molecule has 3 nitrogen and oxygen atoms in total. The Hall–Kier alpha value is -8.66. The minimum atomic E-state index is 0.913. The summed E-state index contributed by atoms with van der Waals surface area (Å²) >= 11 is 0. The first-order valence-corrected chi connectivity index (χ1v) is 22.1. The van der Waals surface area contributed by atoms with Crippen LogP contribution in [0.15, 0.2) is 261 Å². The molecule has 0 radical (unpaired) electrons. The van der Waals surface area contributed by atoms with Crippen LogP contribution in [-0.2, 0) is 0 Å². The number of hydrogen-bond donors (Lipinski definition) is 0. The van der Waals surface area contributed by atoms with Gasteiger partial charge in [0.15, 0.2) is 0 Å². The molecular formula is C62H43N3. The monoisotopic (exact) mass is 829 g/mol. The highest BCUT2D eigenvalue weighted by atomic mass is 15.1. The Morgan fingerprint density at radius 2 is 1.00 bits per heavy atom. The van der Waals surface area contributed by atoms with Crippen molar-refractivity contribution in [1.82, 2.24) is 9.13 Å². The third-order valence-corrected chi connectivity index (χ3v) is 13.0. The zero-order valence-corrected chi connectivity index (χ0v) is 35.8. The van der Waals surface area contributed by atoms with E-state index in [4.69, 9.17) is 0 Å². The largest absolute Gasteiger partial charge is 0.316 e. The van der Waals surface area contributed by atoms with E-state index in [1.807, 2.05) is 12.2 Å². The second kappa shape index (κ2) is 15.6. The lowest BCUT2D eigenvalue weighted by atomic mass is 10.00. The molecule has 0 spiro atoms. The van der Waals surface area contributed by atoms with Crippen molar-refractivity contribution >= 4 is 76.4 Å². The average Bonchev–Trinajstić information content (AvgIpc) is 3.79. The summed E-state index contributed by atoms with van der Waals surface area (Å²) in [6, 6.07) is 70.6. The fourth-order valence-electron chi connectivity index (χ4n) is 9.96. The van der Waals surface area contributed by atoms with Crippen molar-refractivity contribution < 1.29 is 0 Å². The van der Waals surface area contributed by atoms with Gasteiger partial charge in [0, 0.05) is 44.2 Å². The molecule has 1 aliphatic rings. The van der Waals surface area contributed by atoms with Crippen LogP contribution in [0.5, 0.6) is 0 Å². The van der Waals surface area contributed by atoms with Crippen molar-refractivity contribution in [3.05, 3.63) is 267 Å². The van der Waals surface area contributed by atoms with Crippen LogP contribution in [0.3, 0.4) is 0 Å². The van der Waals surface area contributed by atoms with E-state index < -0.39 is 0 Å². The van der Waals surface area contributed by atoms with Gasteiger partial charge in [0.2, 0.25) is 0 Å². The van der Waals surface area contributed by atoms with E-state index in [1.165, 1.54) is 65.3 Å². The van der Waals surface area contributed by atoms with E-state index in [0.29, 0.717) is 0 Å². The Morgan fingerprint density at radius 1 is 0.415 bits per heavy atom. The zero-order chi connectivity index (χ0) is 43.4. The normalized spacial score (nSPS) is 13.9. The summed E-state index contributed by atoms with van der Waals surface area (Å²) in [5.74, 6) is 0. The van der Waals surface area contributed by atoms with Gasteiger partial charge in [-0.2, -0.15) is 0 Å². The summed E-state index contributed by atoms with van der Waals surface area (Å²) in [6.07, 6.45) is 14.5. The van der Waals surface area contributed by atoms with E-state index in [1.54, 1.807) is 6.08 Å². The predicted molar refractivity (Wildman–Crippen MR) is 278 cm³/mol. The van der Waals surface area contributed by atoms with Gasteiger partial charge in [-0.15, -0.1) is 0 Å². The summed E-state index contributed by atoms with van der Waals surface area (Å²) in [6.45, 7) is 8.58. The summed E-state index contributed by atoms with van der Waals surface area (Å²) in [7, 11) is 0. The number of aromatic nitrogens is 2. The van der Waals surface area contributed by atoms with Crippen molar-refractivity contribution in [3.8, 4) is 22.5 Å². The molecule has 306 valence electrons. The van der Waals surface area contributed by atoms with Crippen LogP contribution in [0, 0.1) is 0 Å². The summed E-state index contributed by atoms with van der Waals surface area (Å²) in [4.78, 5) is 2.26. The summed E-state index contributed by atoms with van der Waals surface area (Å²) in [5, 5.41) is 9.62. The van der Waals surface area contributed by atoms with E-state index in [2.05, 4.69) is 246 Å². The molecule has 1 aliphatic heterocycles. The fraction of sp³-hybridized carbons (Fsp3) is 0. The maximum Gasteiger partial charge on any atom is 0.0562 e. The lowest BCUT2D eigenvalue weighted by molar-refractivity contribution is 1.17. The molecule has 2 aromatic heterocycles. The number of anilines is 1. The van der Waals surface area contributed by atoms with Gasteiger partial charge in [0.1, 0.15) is 0 Å². The Labute approximate surface area is 378 Å². The van der Waals surface area contributed by atoms with Crippen molar-refractivity contribution in [2.75, 3.05) is 4.90 Å². The molecule has 0 saturated carbocycles. The molecule has 0 N–H and O–H groups in total. The predicted octanol–water partition coefficient (Wildman–Crippen LogP) is 16.5. The quantitative estimate of drug-likeness (QED) is 0.146. The second-order valence-electron chi connectivity index (χ2n) is 16.7. The van der Waals surface area contributed by atoms with E-state index in [0.717, 1.165) is 50.5 Å². The Bertz CT molecular complexity index is 3840. The highest BCUT2D eigenvalue weighted by molar-refractivity contribution is 6.20. The van der Waals surface area contributed by atoms with Crippen LogP contribution in [0.25, 0.3) is 93.2 Å². The fourth-order valence-corrected chi connectivity index (χ4v) is 9.96. The molecule has 0 amide bonds. The lowest BCUT2D eigenvalue weighted by Gasteiger charge is -2.24. The molecule has 11 aromatic rings. The van der Waals surface area contributed by atoms with Gasteiger partial charge < -0.3 is 14.0 Å². The molecule has 0 unspecified atom stereocenters. The SMILES string of the molecule is C=C/C=C\C=C1\C(=C)C=C(c2ccc3c(c2)c2cc4c5ccccc5n(-c5ccc(-c6ccccc6)cc5)c4cc2n3-c2cccc3ccccc23)C=CN1c1cccc2ccccc12. The Morgan fingerprint density at radius 3 is 1.77 bits per heavy atom. The van der Waals surface area contributed by atoms with Gasteiger partial charge in [-0.05, 0) is 111 Å². The minimum Gasteiger partial charge on any atom is -0.316 e. The first kappa shape index (κ1) is 38.0. The molecule has 0 saturated heterocycles. The highest BCUT2D eigenvalue weighted by Crippen LogP contribution is 2.43. The first-order chi connectivity index (χ1) is 32.1. The van der Waals surface area contributed by atoms with Gasteiger partial charge >= 0.3 is 0 Å². The number of nitrogens with zero attached hydrogens (tertiary/aromatic N) is 3. The van der Waals surface area contributed by atoms with E-state index in [9.17, 15) is 0 Å². The van der Waals surface area contributed by atoms with Crippen molar-refractivity contribution in [2.24, 2.45) is 0 Å². The zero-order valence-electron chi connectivity index (χ0n) is 35.8.